The Balaban J connectivity index is 0. The van der Waals surface area contributed by atoms with Gasteiger partial charge in [0.05, 0.1) is 6.61 Å². The first-order valence-electron chi connectivity index (χ1n) is 3.96. The number of unbranched alkanes of at least 4 members (excludes halogenated alkanes) is 1. The van der Waals surface area contributed by atoms with Gasteiger partial charge in [0.2, 0.25) is 6.08 Å². The van der Waals surface area contributed by atoms with E-state index in [9.17, 15) is 4.79 Å². The molecule has 0 aromatic carbocycles. The van der Waals surface area contributed by atoms with Crippen LogP contribution < -0.4 is 0 Å². The molecule has 1 N–H and O–H groups in total. The maximum Gasteiger partial charge on any atom is 0.333 e. The molecule has 0 aromatic rings. The molecule has 0 aliphatic heterocycles. The van der Waals surface area contributed by atoms with Crippen molar-refractivity contribution in [2.75, 3.05) is 6.61 Å². The molecule has 0 saturated heterocycles. The topological polar surface area (TPSA) is 67.2 Å². The molecule has 0 atom stereocenters. The Labute approximate surface area is 78.1 Å². The van der Waals surface area contributed by atoms with Gasteiger partial charge in [-0.3, -0.25) is 0 Å². The minimum atomic E-state index is -0.284. The van der Waals surface area contributed by atoms with Crippen molar-refractivity contribution in [1.29, 1.82) is 5.41 Å². The summed E-state index contributed by atoms with van der Waals surface area (Å²) >= 11 is 0. The van der Waals surface area contributed by atoms with E-state index in [0.29, 0.717) is 12.2 Å². The summed E-state index contributed by atoms with van der Waals surface area (Å²) < 4.78 is 4.81. The second-order valence-electron chi connectivity index (χ2n) is 2.37. The second-order valence-corrected chi connectivity index (χ2v) is 2.37. The zero-order chi connectivity index (χ0) is 10.7. The van der Waals surface area contributed by atoms with Gasteiger partial charge in [-0.15, -0.1) is 0 Å². The number of esters is 1. The van der Waals surface area contributed by atoms with E-state index in [-0.39, 0.29) is 5.97 Å². The van der Waals surface area contributed by atoms with Gasteiger partial charge in [0.25, 0.3) is 0 Å². The van der Waals surface area contributed by atoms with E-state index >= 15 is 0 Å². The summed E-state index contributed by atoms with van der Waals surface area (Å²) in [5, 5.41) is 5.40. The molecular formula is C9H15NO3. The summed E-state index contributed by atoms with van der Waals surface area (Å²) in [5.74, 6) is -0.284. The standard InChI is InChI=1S/C8H14O2.CHNO/c1-4-5-6-10-8(9)7(2)3;2-1-3/h2,4-6H2,1,3H3;2H. The van der Waals surface area contributed by atoms with Gasteiger partial charge in [-0.2, -0.15) is 0 Å². The maximum atomic E-state index is 10.7. The van der Waals surface area contributed by atoms with Gasteiger partial charge in [0.15, 0.2) is 0 Å². The normalized spacial score (nSPS) is 7.54. The van der Waals surface area contributed by atoms with Crippen LogP contribution in [0.25, 0.3) is 0 Å². The smallest absolute Gasteiger partial charge is 0.333 e. The van der Waals surface area contributed by atoms with E-state index in [0.717, 1.165) is 18.9 Å². The van der Waals surface area contributed by atoms with Crippen molar-refractivity contribution in [1.82, 2.24) is 0 Å². The Kier molecular flexibility index (Phi) is 11.5. The van der Waals surface area contributed by atoms with Gasteiger partial charge in [-0.25, -0.2) is 15.0 Å². The zero-order valence-electron chi connectivity index (χ0n) is 8.05. The summed E-state index contributed by atoms with van der Waals surface area (Å²) in [5.41, 5.74) is 0.469. The van der Waals surface area contributed by atoms with E-state index in [1.807, 2.05) is 0 Å². The van der Waals surface area contributed by atoms with E-state index in [1.54, 1.807) is 6.92 Å². The summed E-state index contributed by atoms with van der Waals surface area (Å²) in [6.45, 7) is 7.67. The van der Waals surface area contributed by atoms with Crippen LogP contribution >= 0.6 is 0 Å². The first-order valence-corrected chi connectivity index (χ1v) is 3.96. The highest BCUT2D eigenvalue weighted by Gasteiger charge is 2.00. The molecule has 4 heteroatoms. The van der Waals surface area contributed by atoms with Crippen LogP contribution in [0.1, 0.15) is 26.7 Å². The molecule has 0 unspecified atom stereocenters. The molecule has 0 aromatic heterocycles. The lowest BCUT2D eigenvalue weighted by Gasteiger charge is -2.01. The summed E-state index contributed by atoms with van der Waals surface area (Å²) in [4.78, 5) is 19.0. The Hall–Kier alpha value is -1.41. The SMILES string of the molecule is C=C(C)C(=O)OCCCC.N=C=O. The second kappa shape index (κ2) is 10.6. The Morgan fingerprint density at radius 1 is 1.62 bits per heavy atom. The molecule has 0 amide bonds. The minimum absolute atomic E-state index is 0.284. The third-order valence-electron chi connectivity index (χ3n) is 1.08. The fourth-order valence-corrected chi connectivity index (χ4v) is 0.432. The highest BCUT2D eigenvalue weighted by atomic mass is 16.5. The molecule has 0 fully saturated rings. The van der Waals surface area contributed by atoms with Crippen molar-refractivity contribution < 1.29 is 14.3 Å². The summed E-state index contributed by atoms with van der Waals surface area (Å²) in [6, 6.07) is 0. The van der Waals surface area contributed by atoms with E-state index in [4.69, 9.17) is 14.9 Å². The third kappa shape index (κ3) is 13.6. The molecule has 4 nitrogen and oxygen atoms in total. The Bertz CT molecular complexity index is 193. The molecule has 0 radical (unpaired) electrons. The minimum Gasteiger partial charge on any atom is -0.462 e. The first-order chi connectivity index (χ1) is 6.09. The van der Waals surface area contributed by atoms with Crippen LogP contribution in [0.3, 0.4) is 0 Å². The van der Waals surface area contributed by atoms with Crippen LogP contribution in [0.15, 0.2) is 12.2 Å². The van der Waals surface area contributed by atoms with Crippen molar-refractivity contribution in [2.45, 2.75) is 26.7 Å². The lowest BCUT2D eigenvalue weighted by Crippen LogP contribution is -2.05. The lowest BCUT2D eigenvalue weighted by atomic mass is 10.3. The molecule has 0 bridgehead atoms. The van der Waals surface area contributed by atoms with Crippen molar-refractivity contribution in [3.63, 3.8) is 0 Å². The van der Waals surface area contributed by atoms with Gasteiger partial charge in [0, 0.05) is 5.57 Å². The predicted molar refractivity (Wildman–Crippen MR) is 49.1 cm³/mol. The van der Waals surface area contributed by atoms with Crippen molar-refractivity contribution in [3.05, 3.63) is 12.2 Å². The van der Waals surface area contributed by atoms with Gasteiger partial charge >= 0.3 is 5.97 Å². The van der Waals surface area contributed by atoms with Crippen LogP contribution in [-0.2, 0) is 14.3 Å². The average Bonchev–Trinajstić information content (AvgIpc) is 2.06. The Morgan fingerprint density at radius 3 is 2.38 bits per heavy atom. The number of carbonyl (C=O) groups excluding carboxylic acids is 2. The molecule has 0 aliphatic rings. The quantitative estimate of drug-likeness (QED) is 0.239. The van der Waals surface area contributed by atoms with Gasteiger partial charge in [-0.05, 0) is 13.3 Å². The highest BCUT2D eigenvalue weighted by Crippen LogP contribution is 1.94. The Morgan fingerprint density at radius 2 is 2.08 bits per heavy atom. The van der Waals surface area contributed by atoms with E-state index in [1.165, 1.54) is 0 Å². The number of ether oxygens (including phenoxy) is 1. The molecule has 0 aliphatic carbocycles. The van der Waals surface area contributed by atoms with Crippen LogP contribution in [-0.4, -0.2) is 18.7 Å². The molecule has 0 heterocycles. The number of nitrogens with one attached hydrogen (secondary N) is 1. The zero-order valence-corrected chi connectivity index (χ0v) is 8.05. The van der Waals surface area contributed by atoms with Gasteiger partial charge in [0.1, 0.15) is 0 Å². The number of hydrogen-bond donors (Lipinski definition) is 1. The molecule has 74 valence electrons. The third-order valence-corrected chi connectivity index (χ3v) is 1.08. The monoisotopic (exact) mass is 185 g/mol. The molecular weight excluding hydrogens is 170 g/mol. The van der Waals surface area contributed by atoms with Crippen LogP contribution in [0.2, 0.25) is 0 Å². The fraction of sp³-hybridized carbons (Fsp3) is 0.556. The molecule has 0 rings (SSSR count). The maximum absolute atomic E-state index is 10.7. The predicted octanol–water partition coefficient (Wildman–Crippen LogP) is 1.81. The van der Waals surface area contributed by atoms with Crippen LogP contribution in [0.4, 0.5) is 0 Å². The van der Waals surface area contributed by atoms with Crippen LogP contribution in [0, 0.1) is 5.41 Å². The number of isocyanates is 1. The molecule has 0 spiro atoms. The number of carbonyl (C=O) groups is 1. The molecule has 0 saturated carbocycles. The van der Waals surface area contributed by atoms with Crippen molar-refractivity contribution in [2.24, 2.45) is 0 Å². The van der Waals surface area contributed by atoms with Crippen molar-refractivity contribution in [3.8, 4) is 0 Å². The molecule has 13 heavy (non-hydrogen) atoms. The summed E-state index contributed by atoms with van der Waals surface area (Å²) in [6.07, 6.45) is 2.72. The number of rotatable bonds is 4. The summed E-state index contributed by atoms with van der Waals surface area (Å²) in [7, 11) is 0. The first kappa shape index (κ1) is 14.1. The highest BCUT2D eigenvalue weighted by molar-refractivity contribution is 5.86. The van der Waals surface area contributed by atoms with Gasteiger partial charge < -0.3 is 4.74 Å². The van der Waals surface area contributed by atoms with E-state index < -0.39 is 0 Å². The number of hydrogen-bond acceptors (Lipinski definition) is 4. The van der Waals surface area contributed by atoms with Gasteiger partial charge in [-0.1, -0.05) is 19.9 Å². The fourth-order valence-electron chi connectivity index (χ4n) is 0.432. The largest absolute Gasteiger partial charge is 0.462 e. The average molecular weight is 185 g/mol. The lowest BCUT2D eigenvalue weighted by molar-refractivity contribution is -0.139. The van der Waals surface area contributed by atoms with E-state index in [2.05, 4.69) is 13.5 Å². The van der Waals surface area contributed by atoms with Crippen molar-refractivity contribution >= 4 is 12.0 Å². The van der Waals surface area contributed by atoms with Crippen LogP contribution in [0.5, 0.6) is 0 Å².